The first-order chi connectivity index (χ1) is 71.4. The molecule has 0 spiro atoms. The number of para-hydroxylation sites is 7. The molecule has 9 nitrogen and oxygen atoms in total. The first-order valence-electron chi connectivity index (χ1n) is 48.9. The van der Waals surface area contributed by atoms with Gasteiger partial charge in [-0.1, -0.05) is 376 Å². The van der Waals surface area contributed by atoms with E-state index >= 15 is 0 Å². The lowest BCUT2D eigenvalue weighted by Gasteiger charge is -2.14. The molecular weight excluding hydrogens is 1770 g/mol. The van der Waals surface area contributed by atoms with E-state index in [4.69, 9.17) is 19.9 Å². The van der Waals surface area contributed by atoms with E-state index in [9.17, 15) is 0 Å². The first kappa shape index (κ1) is 84.3. The molecule has 8 aromatic heterocycles. The third kappa shape index (κ3) is 14.9. The summed E-state index contributed by atoms with van der Waals surface area (Å²) >= 11 is 1.86. The minimum Gasteiger partial charge on any atom is -0.309 e. The summed E-state index contributed by atoms with van der Waals surface area (Å²) in [6.45, 7) is 0. The number of fused-ring (bicyclic) bond motifs is 19. The van der Waals surface area contributed by atoms with Crippen molar-refractivity contribution in [1.29, 1.82) is 0 Å². The van der Waals surface area contributed by atoms with Gasteiger partial charge < -0.3 is 13.7 Å². The molecule has 29 rings (SSSR count). The molecule has 674 valence electrons. The Bertz CT molecular complexity index is 9850. The van der Waals surface area contributed by atoms with Crippen molar-refractivity contribution < 1.29 is 0 Å². The lowest BCUT2D eigenvalue weighted by molar-refractivity contribution is 0.992. The van der Waals surface area contributed by atoms with Crippen LogP contribution in [0.25, 0.3) is 259 Å². The Labute approximate surface area is 834 Å². The van der Waals surface area contributed by atoms with Crippen LogP contribution in [0, 0.1) is 0 Å². The maximum Gasteiger partial charge on any atom is 0.235 e. The number of benzene rings is 21. The third-order valence-electron chi connectivity index (χ3n) is 28.3. The zero-order valence-electron chi connectivity index (χ0n) is 78.2. The molecule has 144 heavy (non-hydrogen) atoms. The normalized spacial score (nSPS) is 11.6. The van der Waals surface area contributed by atoms with Crippen LogP contribution in [0.3, 0.4) is 0 Å². The molecule has 0 unspecified atom stereocenters. The topological polar surface area (TPSA) is 76.2 Å². The number of nitrogens with zero attached hydrogens (tertiary/aromatic N) is 9. The average Bonchev–Trinajstić information content (AvgIpc) is 1.56. The summed E-state index contributed by atoms with van der Waals surface area (Å²) in [4.78, 5) is 20.4. The van der Waals surface area contributed by atoms with Crippen LogP contribution >= 0.6 is 11.3 Å². The standard InChI is InChI=1S/C48H32N2.C46H30N4.C40H25N3S/c1-3-14-33(15-4-1)36-28-37(34-16-5-2-6-17-34)30-38(29-36)35-18-13-19-39(31-35)49-47-25-12-9-22-43(47)44-32-40(26-27-48(44)49)50-45-23-10-7-20-41(45)42-21-8-11-24-46(42)50;1-4-14-31(15-5-1)40-30-41(32-16-6-2-7-17-32)48-46(47-40)50-43-23-13-10-20-36(43)38-26-24-34(29-45(38)50)33-25-27-44-39(28-33)37-21-11-12-22-42(37)49(44)35-18-8-3-9-19-35;1-2-9-26(10-3-1)27-17-19-28(20-18-27)29-11-8-12-30(25-29)34-23-24-41-40(42-34)43-35-15-6-4-14-33(35)38-36(43)22-21-32-31-13-5-7-16-37(31)44-39(32)38/h1-32H;1-30H;1-25H. The van der Waals surface area contributed by atoms with Crippen molar-refractivity contribution in [2.75, 3.05) is 0 Å². The fourth-order valence-electron chi connectivity index (χ4n) is 21.6. The van der Waals surface area contributed by atoms with Crippen LogP contribution in [0.4, 0.5) is 0 Å². The fraction of sp³-hybridized carbons (Fsp3) is 0. The van der Waals surface area contributed by atoms with Gasteiger partial charge in [0.15, 0.2) is 0 Å². The van der Waals surface area contributed by atoms with E-state index in [1.54, 1.807) is 0 Å². The number of rotatable bonds is 14. The fourth-order valence-corrected chi connectivity index (χ4v) is 22.9. The van der Waals surface area contributed by atoms with Crippen LogP contribution in [0.15, 0.2) is 528 Å². The molecule has 29 aromatic rings. The first-order valence-corrected chi connectivity index (χ1v) is 49.7. The van der Waals surface area contributed by atoms with E-state index in [1.165, 1.54) is 157 Å². The number of hydrogen-bond acceptors (Lipinski definition) is 5. The van der Waals surface area contributed by atoms with Crippen LogP contribution in [0.2, 0.25) is 0 Å². The molecule has 8 heterocycles. The monoisotopic (exact) mass is 1850 g/mol. The molecule has 0 aliphatic rings. The Balaban J connectivity index is 0.000000108. The van der Waals surface area contributed by atoms with Crippen LogP contribution in [-0.2, 0) is 0 Å². The molecule has 21 aromatic carbocycles. The molecule has 0 atom stereocenters. The second-order valence-electron chi connectivity index (χ2n) is 36.7. The van der Waals surface area contributed by atoms with Gasteiger partial charge in [0, 0.05) is 114 Å². The highest BCUT2D eigenvalue weighted by atomic mass is 32.1. The van der Waals surface area contributed by atoms with Crippen molar-refractivity contribution >= 4 is 141 Å². The Morgan fingerprint density at radius 3 is 1.04 bits per heavy atom. The predicted octanol–water partition coefficient (Wildman–Crippen LogP) is 35.5. The maximum absolute atomic E-state index is 5.23. The molecule has 0 fully saturated rings. The van der Waals surface area contributed by atoms with Crippen molar-refractivity contribution in [2.24, 2.45) is 0 Å². The summed E-state index contributed by atoms with van der Waals surface area (Å²) in [5.74, 6) is 1.32. The van der Waals surface area contributed by atoms with Crippen LogP contribution in [-0.4, -0.2) is 42.8 Å². The second kappa shape index (κ2) is 35.8. The lowest BCUT2D eigenvalue weighted by atomic mass is 9.93. The molecular formula is C134H87N9S. The van der Waals surface area contributed by atoms with Gasteiger partial charge in [-0.05, 0) is 212 Å². The van der Waals surface area contributed by atoms with Gasteiger partial charge in [-0.15, -0.1) is 11.3 Å². The second-order valence-corrected chi connectivity index (χ2v) is 37.8. The summed E-state index contributed by atoms with van der Waals surface area (Å²) in [6.07, 6.45) is 1.87. The van der Waals surface area contributed by atoms with E-state index in [0.29, 0.717) is 11.9 Å². The van der Waals surface area contributed by atoms with Crippen molar-refractivity contribution in [3.63, 3.8) is 0 Å². The molecule has 0 N–H and O–H groups in total. The molecule has 0 saturated heterocycles. The van der Waals surface area contributed by atoms with Crippen molar-refractivity contribution in [2.45, 2.75) is 0 Å². The predicted molar refractivity (Wildman–Crippen MR) is 604 cm³/mol. The van der Waals surface area contributed by atoms with E-state index < -0.39 is 0 Å². The summed E-state index contributed by atoms with van der Waals surface area (Å²) < 4.78 is 14.2. The van der Waals surface area contributed by atoms with Crippen molar-refractivity contribution in [1.82, 2.24) is 42.8 Å². The SMILES string of the molecule is c1ccc(-c2cc(-c3ccccc3)cc(-c3cccc(-n4c5ccccc5c5cc(-n6c7ccccc7c7ccccc76)ccc54)c3)c2)cc1.c1ccc(-c2cc(-c3ccccc3)nc(-n3c4ccccc4c4ccc(-c5ccc6c(c5)c5ccccc5n6-c5ccccc5)cc43)n2)cc1.c1ccc(-c2ccc(-c3cccc(-c4ccnc(-n5c6ccccc6c6c7sc8ccccc8c7ccc65)n4)c3)cc2)cc1. The van der Waals surface area contributed by atoms with Gasteiger partial charge in [-0.3, -0.25) is 9.13 Å². The van der Waals surface area contributed by atoms with Crippen LogP contribution in [0.1, 0.15) is 0 Å². The smallest absolute Gasteiger partial charge is 0.235 e. The number of thiophene rings is 1. The highest BCUT2D eigenvalue weighted by molar-refractivity contribution is 7.26. The van der Waals surface area contributed by atoms with Gasteiger partial charge >= 0.3 is 0 Å². The van der Waals surface area contributed by atoms with E-state index in [2.05, 4.69) is 520 Å². The molecule has 0 radical (unpaired) electrons. The van der Waals surface area contributed by atoms with E-state index in [1.807, 2.05) is 41.8 Å². The third-order valence-corrected chi connectivity index (χ3v) is 29.5. The Morgan fingerprint density at radius 2 is 0.479 bits per heavy atom. The number of aromatic nitrogens is 9. The quantitative estimate of drug-likeness (QED) is 0.109. The summed E-state index contributed by atoms with van der Waals surface area (Å²) in [6, 6.07) is 186. The van der Waals surface area contributed by atoms with Crippen LogP contribution < -0.4 is 0 Å². The minimum atomic E-state index is 0.648. The molecule has 0 bridgehead atoms. The Hall–Kier alpha value is -19.0. The Kier molecular flexibility index (Phi) is 20.9. The molecule has 10 heteroatoms. The van der Waals surface area contributed by atoms with Crippen LogP contribution in [0.5, 0.6) is 0 Å². The van der Waals surface area contributed by atoms with Gasteiger partial charge in [-0.25, -0.2) is 19.9 Å². The van der Waals surface area contributed by atoms with Crippen molar-refractivity contribution in [3.8, 4) is 129 Å². The highest BCUT2D eigenvalue weighted by Crippen LogP contribution is 2.47. The Morgan fingerprint density at radius 1 is 0.153 bits per heavy atom. The van der Waals surface area contributed by atoms with Crippen molar-refractivity contribution in [3.05, 3.63) is 528 Å². The average molecular weight is 1860 g/mol. The summed E-state index contributed by atoms with van der Waals surface area (Å²) in [5.41, 5.74) is 35.2. The summed E-state index contributed by atoms with van der Waals surface area (Å²) in [7, 11) is 0. The zero-order chi connectivity index (χ0) is 95.1. The van der Waals surface area contributed by atoms with Gasteiger partial charge in [0.25, 0.3) is 0 Å². The lowest BCUT2D eigenvalue weighted by Crippen LogP contribution is -2.04. The zero-order valence-corrected chi connectivity index (χ0v) is 79.0. The molecule has 0 amide bonds. The van der Waals surface area contributed by atoms with Gasteiger partial charge in [0.1, 0.15) is 0 Å². The summed E-state index contributed by atoms with van der Waals surface area (Å²) in [5, 5.41) is 14.9. The molecule has 0 saturated carbocycles. The number of hydrogen-bond donors (Lipinski definition) is 0. The van der Waals surface area contributed by atoms with E-state index in [0.717, 1.165) is 89.6 Å². The van der Waals surface area contributed by atoms with Gasteiger partial charge in [0.2, 0.25) is 11.9 Å². The highest BCUT2D eigenvalue weighted by Gasteiger charge is 2.25. The minimum absolute atomic E-state index is 0.648. The molecule has 0 aliphatic heterocycles. The van der Waals surface area contributed by atoms with E-state index in [-0.39, 0.29) is 0 Å². The molecule has 0 aliphatic carbocycles. The van der Waals surface area contributed by atoms with Gasteiger partial charge in [0.05, 0.1) is 72.2 Å². The maximum atomic E-state index is 5.23. The largest absolute Gasteiger partial charge is 0.309 e. The van der Waals surface area contributed by atoms with Gasteiger partial charge in [-0.2, -0.15) is 0 Å².